The summed E-state index contributed by atoms with van der Waals surface area (Å²) in [5.41, 5.74) is 2.92. The molecule has 0 amide bonds. The molecule has 0 saturated heterocycles. The average Bonchev–Trinajstić information content (AvgIpc) is 2.72. The van der Waals surface area contributed by atoms with Gasteiger partial charge in [0.2, 0.25) is 0 Å². The third-order valence-electron chi connectivity index (χ3n) is 5.35. The Morgan fingerprint density at radius 1 is 0.935 bits per heavy atom. The molecule has 31 heavy (non-hydrogen) atoms. The molecule has 2 rings (SSSR count). The minimum absolute atomic E-state index is 0.0150. The van der Waals surface area contributed by atoms with E-state index in [0.717, 1.165) is 24.1 Å². The van der Waals surface area contributed by atoms with Gasteiger partial charge in [-0.15, -0.1) is 0 Å². The molecule has 1 atom stereocenters. The van der Waals surface area contributed by atoms with Crippen LogP contribution in [0, 0.1) is 5.92 Å². The van der Waals surface area contributed by atoms with Crippen LogP contribution in [0.25, 0.3) is 0 Å². The monoisotopic (exact) mass is 429 g/mol. The number of aliphatic hydroxyl groups excluding tert-OH is 1. The van der Waals surface area contributed by atoms with Crippen molar-refractivity contribution >= 4 is 5.97 Å². The number of aromatic hydroxyl groups is 1. The molecule has 0 unspecified atom stereocenters. The highest BCUT2D eigenvalue weighted by molar-refractivity contribution is 5.68. The molecular formula is C26H39NO4. The minimum Gasteiger partial charge on any atom is -0.508 e. The first-order valence-electron chi connectivity index (χ1n) is 11.0. The van der Waals surface area contributed by atoms with Crippen molar-refractivity contribution in [3.63, 3.8) is 0 Å². The fraction of sp³-hybridized carbons (Fsp3) is 0.500. The topological polar surface area (TPSA) is 81.0 Å². The number of aliphatic carboxylic acids is 1. The summed E-state index contributed by atoms with van der Waals surface area (Å²) in [5.74, 6) is -0.570. The second kappa shape index (κ2) is 13.1. The SMILES string of the molecule is CC(C)C(=O)O.CC(C)N(CC[C@@H](c1ccccc1)c1cc(CO)ccc1O)C(C)C. The van der Waals surface area contributed by atoms with Crippen LogP contribution in [0.4, 0.5) is 0 Å². The van der Waals surface area contributed by atoms with Gasteiger partial charge in [0.1, 0.15) is 5.75 Å². The van der Waals surface area contributed by atoms with Crippen LogP contribution in [0.3, 0.4) is 0 Å². The van der Waals surface area contributed by atoms with Gasteiger partial charge in [-0.2, -0.15) is 0 Å². The van der Waals surface area contributed by atoms with E-state index in [1.807, 2.05) is 24.3 Å². The highest BCUT2D eigenvalue weighted by Crippen LogP contribution is 2.35. The maximum atomic E-state index is 10.5. The normalized spacial score (nSPS) is 12.2. The number of phenols is 1. The van der Waals surface area contributed by atoms with Crippen LogP contribution >= 0.6 is 0 Å². The Balaban J connectivity index is 0.000000703. The van der Waals surface area contributed by atoms with Gasteiger partial charge < -0.3 is 15.3 Å². The zero-order valence-electron chi connectivity index (χ0n) is 19.7. The molecule has 0 heterocycles. The zero-order valence-corrected chi connectivity index (χ0v) is 19.7. The van der Waals surface area contributed by atoms with Gasteiger partial charge in [0.05, 0.1) is 12.5 Å². The van der Waals surface area contributed by atoms with E-state index in [4.69, 9.17) is 5.11 Å². The molecule has 0 fully saturated rings. The maximum absolute atomic E-state index is 10.5. The third kappa shape index (κ3) is 8.72. The van der Waals surface area contributed by atoms with Crippen LogP contribution in [-0.2, 0) is 11.4 Å². The lowest BCUT2D eigenvalue weighted by molar-refractivity contribution is -0.140. The summed E-state index contributed by atoms with van der Waals surface area (Å²) in [6, 6.07) is 16.7. The Bertz CT molecular complexity index is 779. The van der Waals surface area contributed by atoms with E-state index in [1.54, 1.807) is 26.0 Å². The Hall–Kier alpha value is -2.37. The number of nitrogens with zero attached hydrogens (tertiary/aromatic N) is 1. The van der Waals surface area contributed by atoms with Gasteiger partial charge in [-0.1, -0.05) is 50.2 Å². The van der Waals surface area contributed by atoms with Gasteiger partial charge in [0, 0.05) is 23.6 Å². The van der Waals surface area contributed by atoms with Gasteiger partial charge in [-0.3, -0.25) is 9.69 Å². The van der Waals surface area contributed by atoms with Gasteiger partial charge in [0.15, 0.2) is 0 Å². The van der Waals surface area contributed by atoms with Crippen molar-refractivity contribution in [3.05, 3.63) is 65.2 Å². The highest BCUT2D eigenvalue weighted by Gasteiger charge is 2.21. The lowest BCUT2D eigenvalue weighted by atomic mass is 9.86. The zero-order chi connectivity index (χ0) is 23.6. The van der Waals surface area contributed by atoms with Crippen LogP contribution in [0.1, 0.15) is 70.6 Å². The number of phenolic OH excluding ortho intramolecular Hbond substituents is 1. The van der Waals surface area contributed by atoms with Crippen LogP contribution < -0.4 is 0 Å². The van der Waals surface area contributed by atoms with Crippen LogP contribution in [0.5, 0.6) is 5.75 Å². The molecule has 0 aliphatic carbocycles. The average molecular weight is 430 g/mol. The fourth-order valence-corrected chi connectivity index (χ4v) is 3.56. The molecule has 2 aromatic carbocycles. The number of carbonyl (C=O) groups is 1. The first-order chi connectivity index (χ1) is 14.6. The number of carboxylic acid groups (broad SMARTS) is 1. The predicted octanol–water partition coefficient (Wildman–Crippen LogP) is 5.25. The molecule has 172 valence electrons. The van der Waals surface area contributed by atoms with E-state index >= 15 is 0 Å². The third-order valence-corrected chi connectivity index (χ3v) is 5.35. The molecule has 2 aromatic rings. The van der Waals surface area contributed by atoms with E-state index in [0.29, 0.717) is 17.8 Å². The van der Waals surface area contributed by atoms with E-state index in [9.17, 15) is 15.0 Å². The van der Waals surface area contributed by atoms with E-state index < -0.39 is 5.97 Å². The lowest BCUT2D eigenvalue weighted by Crippen LogP contribution is -2.38. The molecule has 0 spiro atoms. The van der Waals surface area contributed by atoms with Crippen molar-refractivity contribution in [3.8, 4) is 5.75 Å². The Labute approximate surface area is 187 Å². The second-order valence-electron chi connectivity index (χ2n) is 8.72. The number of rotatable bonds is 9. The number of aliphatic hydroxyl groups is 1. The van der Waals surface area contributed by atoms with Crippen molar-refractivity contribution in [2.45, 2.75) is 72.6 Å². The summed E-state index contributed by atoms with van der Waals surface area (Å²) in [6.45, 7) is 13.1. The summed E-state index contributed by atoms with van der Waals surface area (Å²) in [4.78, 5) is 12.2. The predicted molar refractivity (Wildman–Crippen MR) is 126 cm³/mol. The molecule has 3 N–H and O–H groups in total. The van der Waals surface area contributed by atoms with Crippen molar-refractivity contribution in [1.82, 2.24) is 4.90 Å². The molecule has 0 aliphatic heterocycles. The van der Waals surface area contributed by atoms with Gasteiger partial charge in [-0.25, -0.2) is 0 Å². The van der Waals surface area contributed by atoms with Crippen molar-refractivity contribution in [2.24, 2.45) is 5.92 Å². The summed E-state index contributed by atoms with van der Waals surface area (Å²) in [7, 11) is 0. The van der Waals surface area contributed by atoms with E-state index in [2.05, 4.69) is 44.7 Å². The van der Waals surface area contributed by atoms with Crippen molar-refractivity contribution in [2.75, 3.05) is 6.54 Å². The molecule has 0 saturated carbocycles. The Morgan fingerprint density at radius 3 is 1.94 bits per heavy atom. The number of benzene rings is 2. The first-order valence-corrected chi connectivity index (χ1v) is 11.0. The molecule has 0 radical (unpaired) electrons. The molecular weight excluding hydrogens is 390 g/mol. The van der Waals surface area contributed by atoms with Crippen molar-refractivity contribution in [1.29, 1.82) is 0 Å². The van der Waals surface area contributed by atoms with Crippen LogP contribution in [-0.4, -0.2) is 44.8 Å². The Kier molecular flexibility index (Phi) is 11.3. The van der Waals surface area contributed by atoms with Gasteiger partial charge >= 0.3 is 5.97 Å². The summed E-state index contributed by atoms with van der Waals surface area (Å²) < 4.78 is 0. The summed E-state index contributed by atoms with van der Waals surface area (Å²) >= 11 is 0. The van der Waals surface area contributed by atoms with Crippen LogP contribution in [0.15, 0.2) is 48.5 Å². The van der Waals surface area contributed by atoms with Crippen LogP contribution in [0.2, 0.25) is 0 Å². The molecule has 0 aromatic heterocycles. The first kappa shape index (κ1) is 26.7. The largest absolute Gasteiger partial charge is 0.508 e. The number of hydrogen-bond acceptors (Lipinski definition) is 4. The maximum Gasteiger partial charge on any atom is 0.305 e. The van der Waals surface area contributed by atoms with Gasteiger partial charge in [-0.05, 0) is 63.9 Å². The summed E-state index contributed by atoms with van der Waals surface area (Å²) in [6.07, 6.45) is 0.919. The van der Waals surface area contributed by atoms with Crippen molar-refractivity contribution < 1.29 is 20.1 Å². The highest BCUT2D eigenvalue weighted by atomic mass is 16.4. The minimum atomic E-state index is -0.741. The molecule has 0 aliphatic rings. The molecule has 5 nitrogen and oxygen atoms in total. The Morgan fingerprint density at radius 2 is 1.48 bits per heavy atom. The smallest absolute Gasteiger partial charge is 0.305 e. The fourth-order valence-electron chi connectivity index (χ4n) is 3.56. The number of hydrogen-bond donors (Lipinski definition) is 3. The molecule has 0 bridgehead atoms. The standard InChI is InChI=1S/C22H31NO2.C4H8O2/c1-16(2)23(17(3)4)13-12-20(19-8-6-5-7-9-19)21-14-18(15-24)10-11-22(21)25;1-3(2)4(5)6/h5-11,14,16-17,20,24-25H,12-13,15H2,1-4H3;3H,1-2H3,(H,5,6)/t20-;/m0./s1. The molecule has 5 heteroatoms. The summed E-state index contributed by atoms with van der Waals surface area (Å²) in [5, 5.41) is 27.9. The van der Waals surface area contributed by atoms with Gasteiger partial charge in [0.25, 0.3) is 0 Å². The quantitative estimate of drug-likeness (QED) is 0.507. The van der Waals surface area contributed by atoms with E-state index in [-0.39, 0.29) is 18.4 Å². The second-order valence-corrected chi connectivity index (χ2v) is 8.72. The van der Waals surface area contributed by atoms with E-state index in [1.165, 1.54) is 5.56 Å². The number of carboxylic acids is 1. The lowest BCUT2D eigenvalue weighted by Gasteiger charge is -2.32.